The maximum Gasteiger partial charge on any atom is 0.282 e. The fourth-order valence-electron chi connectivity index (χ4n) is 3.21. The zero-order chi connectivity index (χ0) is 19.6. The Hall–Kier alpha value is -2.25. The van der Waals surface area contributed by atoms with E-state index in [0.29, 0.717) is 18.1 Å². The highest BCUT2D eigenvalue weighted by Crippen LogP contribution is 2.20. The number of nitrogens with zero attached hydrogens (tertiary/aromatic N) is 1. The minimum Gasteiger partial charge on any atom is -0.360 e. The maximum absolute atomic E-state index is 13.7. The molecule has 1 amide bonds. The molecule has 4 nitrogen and oxygen atoms in total. The fourth-order valence-corrected chi connectivity index (χ4v) is 3.39. The molecule has 0 radical (unpaired) electrons. The van der Waals surface area contributed by atoms with Crippen molar-refractivity contribution in [3.8, 4) is 0 Å². The smallest absolute Gasteiger partial charge is 0.282 e. The van der Waals surface area contributed by atoms with Crippen molar-refractivity contribution in [1.29, 1.82) is 0 Å². The van der Waals surface area contributed by atoms with E-state index in [0.717, 1.165) is 35.8 Å². The van der Waals surface area contributed by atoms with Gasteiger partial charge in [-0.3, -0.25) is 4.79 Å². The lowest BCUT2D eigenvalue weighted by Crippen LogP contribution is -3.19. The molecule has 0 aliphatic carbocycles. The summed E-state index contributed by atoms with van der Waals surface area (Å²) in [6, 6.07) is 8.94. The van der Waals surface area contributed by atoms with E-state index in [1.54, 1.807) is 6.92 Å². The van der Waals surface area contributed by atoms with E-state index in [9.17, 15) is 18.0 Å². The number of hydrogen-bond donors (Lipinski definition) is 2. The number of benzene rings is 2. The van der Waals surface area contributed by atoms with E-state index in [1.807, 2.05) is 24.3 Å². The molecular formula is C19H20ClF3N3O+. The summed E-state index contributed by atoms with van der Waals surface area (Å²) in [6.07, 6.45) is 0. The van der Waals surface area contributed by atoms with Crippen LogP contribution in [0.1, 0.15) is 6.92 Å². The van der Waals surface area contributed by atoms with Crippen LogP contribution in [0.5, 0.6) is 0 Å². The number of quaternary nitrogens is 1. The Balaban J connectivity index is 1.59. The average molecular weight is 399 g/mol. The van der Waals surface area contributed by atoms with Crippen LogP contribution >= 0.6 is 11.6 Å². The number of hydrogen-bond acceptors (Lipinski definition) is 2. The molecule has 1 saturated heterocycles. The van der Waals surface area contributed by atoms with E-state index in [4.69, 9.17) is 11.6 Å². The zero-order valence-electron chi connectivity index (χ0n) is 14.7. The standard InChI is InChI=1S/C19H19ClF3N3O/c1-12(19(27)24-16-6-5-15(21)17(22)18(16)23)25-7-9-26(10-8-25)14-4-2-3-13(20)11-14/h2-6,11-12H,7-10H2,1H3,(H,24,27)/p+1/t12-/m1/s1. The first-order valence-electron chi connectivity index (χ1n) is 8.66. The molecule has 1 aliphatic rings. The molecule has 0 bridgehead atoms. The Labute approximate surface area is 160 Å². The van der Waals surface area contributed by atoms with Crippen LogP contribution in [0.15, 0.2) is 36.4 Å². The maximum atomic E-state index is 13.7. The van der Waals surface area contributed by atoms with Gasteiger partial charge in [-0.1, -0.05) is 17.7 Å². The fraction of sp³-hybridized carbons (Fsp3) is 0.316. The molecule has 1 atom stereocenters. The number of piperazine rings is 1. The van der Waals surface area contributed by atoms with Gasteiger partial charge >= 0.3 is 0 Å². The number of carbonyl (C=O) groups excluding carboxylic acids is 1. The largest absolute Gasteiger partial charge is 0.360 e. The molecule has 1 heterocycles. The van der Waals surface area contributed by atoms with Crippen molar-refractivity contribution in [2.75, 3.05) is 36.4 Å². The van der Waals surface area contributed by atoms with Crippen LogP contribution in [0.3, 0.4) is 0 Å². The predicted molar refractivity (Wildman–Crippen MR) is 98.8 cm³/mol. The Morgan fingerprint density at radius 2 is 1.85 bits per heavy atom. The minimum atomic E-state index is -1.59. The van der Waals surface area contributed by atoms with Crippen molar-refractivity contribution in [1.82, 2.24) is 0 Å². The van der Waals surface area contributed by atoms with Crippen molar-refractivity contribution in [2.24, 2.45) is 0 Å². The van der Waals surface area contributed by atoms with Gasteiger partial charge in [-0.05, 0) is 37.3 Å². The lowest BCUT2D eigenvalue weighted by Gasteiger charge is -2.36. The second-order valence-electron chi connectivity index (χ2n) is 6.56. The molecule has 2 aromatic rings. The molecule has 1 fully saturated rings. The van der Waals surface area contributed by atoms with Crippen LogP contribution in [-0.2, 0) is 4.79 Å². The summed E-state index contributed by atoms with van der Waals surface area (Å²) in [5.41, 5.74) is 0.672. The topological polar surface area (TPSA) is 36.8 Å². The molecule has 1 aliphatic heterocycles. The zero-order valence-corrected chi connectivity index (χ0v) is 15.5. The van der Waals surface area contributed by atoms with Crippen molar-refractivity contribution in [2.45, 2.75) is 13.0 Å². The summed E-state index contributed by atoms with van der Waals surface area (Å²) in [5, 5.41) is 3.02. The number of rotatable bonds is 4. The average Bonchev–Trinajstić information content (AvgIpc) is 2.68. The lowest BCUT2D eigenvalue weighted by molar-refractivity contribution is -0.914. The van der Waals surface area contributed by atoms with Gasteiger partial charge in [0.05, 0.1) is 31.9 Å². The van der Waals surface area contributed by atoms with E-state index < -0.39 is 29.4 Å². The van der Waals surface area contributed by atoms with Gasteiger partial charge < -0.3 is 15.1 Å². The quantitative estimate of drug-likeness (QED) is 0.776. The molecule has 144 valence electrons. The van der Waals surface area contributed by atoms with Crippen LogP contribution < -0.4 is 15.1 Å². The molecule has 0 spiro atoms. The second-order valence-corrected chi connectivity index (χ2v) is 7.00. The third-order valence-electron chi connectivity index (χ3n) is 4.88. The molecule has 8 heteroatoms. The Morgan fingerprint density at radius 1 is 1.15 bits per heavy atom. The van der Waals surface area contributed by atoms with Crippen LogP contribution in [-0.4, -0.2) is 38.1 Å². The van der Waals surface area contributed by atoms with Gasteiger partial charge in [0.1, 0.15) is 0 Å². The first-order chi connectivity index (χ1) is 12.9. The second kappa shape index (κ2) is 8.19. The molecule has 2 N–H and O–H groups in total. The van der Waals surface area contributed by atoms with Crippen LogP contribution in [0, 0.1) is 17.5 Å². The van der Waals surface area contributed by atoms with Gasteiger partial charge in [-0.15, -0.1) is 0 Å². The van der Waals surface area contributed by atoms with Crippen LogP contribution in [0.4, 0.5) is 24.5 Å². The highest BCUT2D eigenvalue weighted by molar-refractivity contribution is 6.30. The van der Waals surface area contributed by atoms with Crippen LogP contribution in [0.25, 0.3) is 0 Å². The van der Waals surface area contributed by atoms with E-state index in [2.05, 4.69) is 10.2 Å². The van der Waals surface area contributed by atoms with Gasteiger partial charge in [0.25, 0.3) is 5.91 Å². The molecule has 2 aromatic carbocycles. The van der Waals surface area contributed by atoms with Crippen molar-refractivity contribution >= 4 is 28.9 Å². The molecule has 3 rings (SSSR count). The van der Waals surface area contributed by atoms with E-state index in [-0.39, 0.29) is 5.69 Å². The minimum absolute atomic E-state index is 0.359. The summed E-state index contributed by atoms with van der Waals surface area (Å²) in [4.78, 5) is 15.6. The van der Waals surface area contributed by atoms with Gasteiger partial charge in [-0.25, -0.2) is 13.2 Å². The number of carbonyl (C=O) groups is 1. The molecular weight excluding hydrogens is 379 g/mol. The summed E-state index contributed by atoms with van der Waals surface area (Å²) in [7, 11) is 0. The summed E-state index contributed by atoms with van der Waals surface area (Å²) >= 11 is 6.03. The van der Waals surface area contributed by atoms with E-state index >= 15 is 0 Å². The summed E-state index contributed by atoms with van der Waals surface area (Å²) in [6.45, 7) is 4.64. The highest BCUT2D eigenvalue weighted by Gasteiger charge is 2.30. The van der Waals surface area contributed by atoms with Gasteiger partial charge in [-0.2, -0.15) is 0 Å². The summed E-state index contributed by atoms with van der Waals surface area (Å²) < 4.78 is 40.1. The normalized spacial score (nSPS) is 16.3. The third kappa shape index (κ3) is 4.36. The molecule has 0 aromatic heterocycles. The first-order valence-corrected chi connectivity index (χ1v) is 9.04. The molecule has 27 heavy (non-hydrogen) atoms. The Kier molecular flexibility index (Phi) is 5.92. The Morgan fingerprint density at radius 3 is 2.52 bits per heavy atom. The van der Waals surface area contributed by atoms with Crippen LogP contribution in [0.2, 0.25) is 5.02 Å². The van der Waals surface area contributed by atoms with Crippen molar-refractivity contribution in [3.05, 3.63) is 58.9 Å². The lowest BCUT2D eigenvalue weighted by atomic mass is 10.2. The predicted octanol–water partition coefficient (Wildman–Crippen LogP) is 2.49. The number of amides is 1. The monoisotopic (exact) mass is 398 g/mol. The van der Waals surface area contributed by atoms with Crippen molar-refractivity contribution in [3.63, 3.8) is 0 Å². The first kappa shape index (κ1) is 19.5. The van der Waals surface area contributed by atoms with E-state index in [1.165, 1.54) is 0 Å². The van der Waals surface area contributed by atoms with Crippen molar-refractivity contribution < 1.29 is 22.9 Å². The molecule has 0 unspecified atom stereocenters. The number of anilines is 2. The Bertz CT molecular complexity index is 841. The summed E-state index contributed by atoms with van der Waals surface area (Å²) in [5.74, 6) is -4.72. The third-order valence-corrected chi connectivity index (χ3v) is 5.11. The van der Waals surface area contributed by atoms with Gasteiger partial charge in [0, 0.05) is 10.7 Å². The molecule has 0 saturated carbocycles. The number of halogens is 4. The number of nitrogens with one attached hydrogen (secondary N) is 2. The van der Waals surface area contributed by atoms with Gasteiger partial charge in [0.2, 0.25) is 0 Å². The van der Waals surface area contributed by atoms with Gasteiger partial charge in [0.15, 0.2) is 23.5 Å². The SMILES string of the molecule is C[C@H](C(=O)Nc1ccc(F)c(F)c1F)[NH+]1CCN(c2cccc(Cl)c2)CC1. The highest BCUT2D eigenvalue weighted by atomic mass is 35.5.